The van der Waals surface area contributed by atoms with Crippen molar-refractivity contribution in [3.63, 3.8) is 0 Å². The molecule has 0 amide bonds. The van der Waals surface area contributed by atoms with E-state index >= 15 is 0 Å². The number of nitrogens with zero attached hydrogens (tertiary/aromatic N) is 1. The summed E-state index contributed by atoms with van der Waals surface area (Å²) >= 11 is 6.10. The average Bonchev–Trinajstić information content (AvgIpc) is 2.07. The van der Waals surface area contributed by atoms with Crippen molar-refractivity contribution in [3.8, 4) is 6.07 Å². The van der Waals surface area contributed by atoms with E-state index < -0.39 is 4.87 Å². The third kappa shape index (κ3) is 1.98. The molecule has 12 heavy (non-hydrogen) atoms. The molecule has 1 aliphatic rings. The van der Waals surface area contributed by atoms with Crippen LogP contribution >= 0.6 is 11.6 Å². The van der Waals surface area contributed by atoms with Crippen molar-refractivity contribution in [2.24, 2.45) is 0 Å². The van der Waals surface area contributed by atoms with Gasteiger partial charge in [-0.25, -0.2) is 0 Å². The smallest absolute Gasteiger partial charge is 0.153 e. The number of nitriles is 1. The maximum Gasteiger partial charge on any atom is 0.153 e. The molecule has 1 saturated carbocycles. The topological polar surface area (TPSA) is 40.9 Å². The number of halogens is 1. The third-order valence-corrected chi connectivity index (χ3v) is 2.95. The van der Waals surface area contributed by atoms with Crippen LogP contribution in [0.15, 0.2) is 0 Å². The quantitative estimate of drug-likeness (QED) is 0.620. The molecule has 1 unspecified atom stereocenters. The van der Waals surface area contributed by atoms with Crippen molar-refractivity contribution in [1.29, 1.82) is 5.26 Å². The van der Waals surface area contributed by atoms with Crippen LogP contribution in [0.1, 0.15) is 38.5 Å². The lowest BCUT2D eigenvalue weighted by atomic mass is 9.84. The highest BCUT2D eigenvalue weighted by atomic mass is 35.5. The first kappa shape index (κ1) is 9.54. The van der Waals surface area contributed by atoms with E-state index in [9.17, 15) is 4.79 Å². The molecule has 1 aliphatic carbocycles. The number of ketones is 1. The molecule has 0 aliphatic heterocycles. The van der Waals surface area contributed by atoms with Crippen LogP contribution in [-0.4, -0.2) is 10.7 Å². The molecular weight excluding hydrogens is 174 g/mol. The molecule has 0 radical (unpaired) electrons. The van der Waals surface area contributed by atoms with E-state index in [0.717, 1.165) is 19.3 Å². The largest absolute Gasteiger partial charge is 0.298 e. The maximum atomic E-state index is 11.4. The molecule has 0 heterocycles. The molecule has 1 rings (SSSR count). The van der Waals surface area contributed by atoms with Crippen LogP contribution in [0.4, 0.5) is 0 Å². The lowest BCUT2D eigenvalue weighted by molar-refractivity contribution is -0.123. The summed E-state index contributed by atoms with van der Waals surface area (Å²) in [5.41, 5.74) is 0. The van der Waals surface area contributed by atoms with E-state index in [0.29, 0.717) is 19.3 Å². The highest BCUT2D eigenvalue weighted by Gasteiger charge is 2.36. The molecular formula is C9H12ClNO. The van der Waals surface area contributed by atoms with Gasteiger partial charge in [-0.3, -0.25) is 4.79 Å². The van der Waals surface area contributed by atoms with Gasteiger partial charge in [0.1, 0.15) is 4.87 Å². The van der Waals surface area contributed by atoms with E-state index in [1.54, 1.807) is 0 Å². The normalized spacial score (nSPS) is 29.8. The number of carbonyl (C=O) groups excluding carboxylic acids is 1. The summed E-state index contributed by atoms with van der Waals surface area (Å²) in [5.74, 6) is 0.130. The first-order valence-electron chi connectivity index (χ1n) is 4.28. The van der Waals surface area contributed by atoms with Crippen molar-refractivity contribution in [1.82, 2.24) is 0 Å². The lowest BCUT2D eigenvalue weighted by Crippen LogP contribution is -2.35. The van der Waals surface area contributed by atoms with E-state index in [2.05, 4.69) is 0 Å². The van der Waals surface area contributed by atoms with Crippen LogP contribution in [0.3, 0.4) is 0 Å². The van der Waals surface area contributed by atoms with E-state index in [4.69, 9.17) is 16.9 Å². The van der Waals surface area contributed by atoms with Crippen LogP contribution in [0.25, 0.3) is 0 Å². The second-order valence-corrected chi connectivity index (χ2v) is 3.98. The summed E-state index contributed by atoms with van der Waals surface area (Å²) < 4.78 is 0. The van der Waals surface area contributed by atoms with Crippen molar-refractivity contribution in [2.45, 2.75) is 43.4 Å². The zero-order valence-electron chi connectivity index (χ0n) is 6.98. The molecule has 66 valence electrons. The van der Waals surface area contributed by atoms with Crippen LogP contribution in [-0.2, 0) is 4.79 Å². The highest BCUT2D eigenvalue weighted by molar-refractivity contribution is 6.35. The second kappa shape index (κ2) is 3.91. The van der Waals surface area contributed by atoms with Gasteiger partial charge in [0.15, 0.2) is 5.78 Å². The Labute approximate surface area is 77.5 Å². The summed E-state index contributed by atoms with van der Waals surface area (Å²) in [6, 6.07) is 2.02. The van der Waals surface area contributed by atoms with Gasteiger partial charge in [0.25, 0.3) is 0 Å². The minimum atomic E-state index is -0.700. The Kier molecular flexibility index (Phi) is 3.11. The van der Waals surface area contributed by atoms with E-state index in [1.165, 1.54) is 0 Å². The second-order valence-electron chi connectivity index (χ2n) is 3.25. The predicted octanol–water partition coefficient (Wildman–Crippen LogP) is 2.41. The first-order valence-corrected chi connectivity index (χ1v) is 4.66. The molecule has 0 spiro atoms. The van der Waals surface area contributed by atoms with Gasteiger partial charge in [-0.15, -0.1) is 11.6 Å². The van der Waals surface area contributed by atoms with Crippen LogP contribution < -0.4 is 0 Å². The summed E-state index contributed by atoms with van der Waals surface area (Å²) in [4.78, 5) is 10.7. The van der Waals surface area contributed by atoms with Crippen molar-refractivity contribution < 1.29 is 4.79 Å². The van der Waals surface area contributed by atoms with Crippen molar-refractivity contribution in [2.75, 3.05) is 0 Å². The van der Waals surface area contributed by atoms with E-state index in [1.807, 2.05) is 6.07 Å². The van der Waals surface area contributed by atoms with Gasteiger partial charge in [-0.2, -0.15) is 5.26 Å². The minimum absolute atomic E-state index is 0.130. The Hall–Kier alpha value is -0.550. The average molecular weight is 186 g/mol. The molecule has 1 atom stereocenters. The van der Waals surface area contributed by atoms with Gasteiger partial charge >= 0.3 is 0 Å². The fourth-order valence-electron chi connectivity index (χ4n) is 1.57. The van der Waals surface area contributed by atoms with Crippen LogP contribution in [0.2, 0.25) is 0 Å². The first-order chi connectivity index (χ1) is 5.69. The van der Waals surface area contributed by atoms with Gasteiger partial charge in [0, 0.05) is 12.8 Å². The summed E-state index contributed by atoms with van der Waals surface area (Å²) in [5, 5.41) is 8.38. The standard InChI is InChI=1S/C9H12ClNO/c10-9(6-3-7-11)5-2-1-4-8(9)12/h1-6H2. The van der Waals surface area contributed by atoms with Gasteiger partial charge in [0.2, 0.25) is 0 Å². The molecule has 0 aromatic heterocycles. The monoisotopic (exact) mass is 185 g/mol. The Morgan fingerprint density at radius 3 is 2.92 bits per heavy atom. The lowest BCUT2D eigenvalue weighted by Gasteiger charge is -2.28. The molecule has 0 N–H and O–H groups in total. The predicted molar refractivity (Wildman–Crippen MR) is 46.9 cm³/mol. The SMILES string of the molecule is N#CCCC1(Cl)CCCCC1=O. The fourth-order valence-corrected chi connectivity index (χ4v) is 1.90. The zero-order chi connectivity index (χ0) is 9.03. The van der Waals surface area contributed by atoms with Crippen LogP contribution in [0.5, 0.6) is 0 Å². The minimum Gasteiger partial charge on any atom is -0.298 e. The van der Waals surface area contributed by atoms with Gasteiger partial charge in [0.05, 0.1) is 6.07 Å². The van der Waals surface area contributed by atoms with Crippen molar-refractivity contribution >= 4 is 17.4 Å². The number of rotatable bonds is 2. The summed E-state index contributed by atoms with van der Waals surface area (Å²) in [7, 11) is 0. The number of alkyl halides is 1. The highest BCUT2D eigenvalue weighted by Crippen LogP contribution is 2.34. The Balaban J connectivity index is 2.55. The van der Waals surface area contributed by atoms with Gasteiger partial charge in [-0.05, 0) is 19.3 Å². The van der Waals surface area contributed by atoms with E-state index in [-0.39, 0.29) is 5.78 Å². The number of carbonyl (C=O) groups is 1. The van der Waals surface area contributed by atoms with Crippen LogP contribution in [0, 0.1) is 11.3 Å². The molecule has 0 saturated heterocycles. The molecule has 3 heteroatoms. The molecule has 0 aromatic rings. The van der Waals surface area contributed by atoms with Gasteiger partial charge in [-0.1, -0.05) is 6.42 Å². The number of Topliss-reactive ketones (excluding diaryl/α,β-unsaturated/α-hetero) is 1. The Bertz CT molecular complexity index is 221. The Morgan fingerprint density at radius 1 is 1.58 bits per heavy atom. The summed E-state index contributed by atoms with van der Waals surface area (Å²) in [6.07, 6.45) is 4.21. The fraction of sp³-hybridized carbons (Fsp3) is 0.778. The molecule has 0 bridgehead atoms. The Morgan fingerprint density at radius 2 is 2.33 bits per heavy atom. The number of hydrogen-bond donors (Lipinski definition) is 0. The zero-order valence-corrected chi connectivity index (χ0v) is 7.73. The molecule has 0 aromatic carbocycles. The summed E-state index contributed by atoms with van der Waals surface area (Å²) in [6.45, 7) is 0. The molecule has 2 nitrogen and oxygen atoms in total. The third-order valence-electron chi connectivity index (χ3n) is 2.36. The molecule has 1 fully saturated rings. The van der Waals surface area contributed by atoms with Gasteiger partial charge < -0.3 is 0 Å². The number of hydrogen-bond acceptors (Lipinski definition) is 2. The maximum absolute atomic E-state index is 11.4. The van der Waals surface area contributed by atoms with Crippen molar-refractivity contribution in [3.05, 3.63) is 0 Å².